The first-order valence-corrected chi connectivity index (χ1v) is 7.58. The fraction of sp³-hybridized carbons (Fsp3) is 0.692. The molecule has 0 unspecified atom stereocenters. The molecule has 0 aromatic carbocycles. The average molecular weight is 267 g/mol. The topological polar surface area (TPSA) is 59.2 Å². The Morgan fingerprint density at radius 2 is 2.17 bits per heavy atom. The lowest BCUT2D eigenvalue weighted by Gasteiger charge is -2.26. The molecule has 1 aromatic heterocycles. The largest absolute Gasteiger partial charge is 0.342 e. The molecule has 1 saturated heterocycles. The number of hydrogen-bond donors (Lipinski definition) is 1. The molecule has 100 valence electrons. The third kappa shape index (κ3) is 3.78. The van der Waals surface area contributed by atoms with E-state index in [0.29, 0.717) is 13.0 Å². The number of nitrogens with two attached hydrogens (primary N) is 1. The summed E-state index contributed by atoms with van der Waals surface area (Å²) in [5, 5.41) is 3.11. The second-order valence-electron chi connectivity index (χ2n) is 4.74. The van der Waals surface area contributed by atoms with Crippen LogP contribution < -0.4 is 5.73 Å². The number of hydrogen-bond acceptors (Lipinski definition) is 4. The van der Waals surface area contributed by atoms with Crippen molar-refractivity contribution < 1.29 is 4.79 Å². The molecule has 0 aliphatic carbocycles. The third-order valence-electron chi connectivity index (χ3n) is 3.24. The van der Waals surface area contributed by atoms with Crippen molar-refractivity contribution >= 4 is 17.2 Å². The number of likely N-dealkylation sites (tertiary alicyclic amines) is 1. The van der Waals surface area contributed by atoms with E-state index in [1.54, 1.807) is 11.3 Å². The summed E-state index contributed by atoms with van der Waals surface area (Å²) in [4.78, 5) is 18.5. The van der Waals surface area contributed by atoms with Gasteiger partial charge in [0.25, 0.3) is 0 Å². The van der Waals surface area contributed by atoms with Crippen LogP contribution in [0, 0.1) is 0 Å². The molecule has 0 bridgehead atoms. The van der Waals surface area contributed by atoms with E-state index in [0.717, 1.165) is 49.5 Å². The van der Waals surface area contributed by atoms with Gasteiger partial charge < -0.3 is 10.6 Å². The first-order chi connectivity index (χ1) is 8.79. The van der Waals surface area contributed by atoms with E-state index >= 15 is 0 Å². The van der Waals surface area contributed by atoms with E-state index in [4.69, 9.17) is 5.73 Å². The summed E-state index contributed by atoms with van der Waals surface area (Å²) in [6, 6.07) is 0. The molecule has 2 heterocycles. The van der Waals surface area contributed by atoms with Crippen LogP contribution in [-0.4, -0.2) is 35.4 Å². The third-order valence-corrected chi connectivity index (χ3v) is 4.19. The van der Waals surface area contributed by atoms with Gasteiger partial charge in [-0.2, -0.15) is 0 Å². The van der Waals surface area contributed by atoms with Gasteiger partial charge >= 0.3 is 0 Å². The lowest BCUT2D eigenvalue weighted by atomic mass is 10.1. The monoisotopic (exact) mass is 267 g/mol. The van der Waals surface area contributed by atoms with Gasteiger partial charge in [0, 0.05) is 24.9 Å². The first-order valence-electron chi connectivity index (χ1n) is 6.70. The molecule has 0 saturated carbocycles. The fourth-order valence-corrected chi connectivity index (χ4v) is 3.05. The highest BCUT2D eigenvalue weighted by Gasteiger charge is 2.17. The van der Waals surface area contributed by atoms with Crippen LogP contribution in [0.5, 0.6) is 0 Å². The molecule has 1 aliphatic rings. The van der Waals surface area contributed by atoms with Crippen LogP contribution in [0.4, 0.5) is 0 Å². The summed E-state index contributed by atoms with van der Waals surface area (Å²) in [5.41, 5.74) is 6.40. The molecule has 2 rings (SSSR count). The zero-order valence-electron chi connectivity index (χ0n) is 10.7. The number of aryl methyl sites for hydroxylation is 1. The number of amides is 1. The quantitative estimate of drug-likeness (QED) is 0.881. The van der Waals surface area contributed by atoms with Gasteiger partial charge in [-0.05, 0) is 32.2 Å². The van der Waals surface area contributed by atoms with E-state index in [9.17, 15) is 4.79 Å². The van der Waals surface area contributed by atoms with Crippen molar-refractivity contribution in [2.45, 2.75) is 38.5 Å². The molecule has 0 spiro atoms. The van der Waals surface area contributed by atoms with Crippen LogP contribution in [0.2, 0.25) is 0 Å². The van der Waals surface area contributed by atoms with Gasteiger partial charge in [0.2, 0.25) is 5.91 Å². The number of rotatable bonds is 5. The van der Waals surface area contributed by atoms with E-state index in [1.807, 2.05) is 10.3 Å². The van der Waals surface area contributed by atoms with Crippen LogP contribution >= 0.6 is 11.3 Å². The normalized spacial score (nSPS) is 15.9. The molecular weight excluding hydrogens is 246 g/mol. The highest BCUT2D eigenvalue weighted by molar-refractivity contribution is 7.09. The standard InChI is InChI=1S/C13H21N3OS/c14-6-4-5-12-15-11(10-18-12)9-13(17)16-7-2-1-3-8-16/h10H,1-9,14H2. The Morgan fingerprint density at radius 3 is 2.89 bits per heavy atom. The van der Waals surface area contributed by atoms with Crippen molar-refractivity contribution in [3.05, 3.63) is 16.1 Å². The zero-order chi connectivity index (χ0) is 12.8. The lowest BCUT2D eigenvalue weighted by Crippen LogP contribution is -2.36. The van der Waals surface area contributed by atoms with E-state index in [-0.39, 0.29) is 5.91 Å². The number of carbonyl (C=O) groups is 1. The molecule has 5 heteroatoms. The molecule has 0 atom stereocenters. The number of nitrogens with zero attached hydrogens (tertiary/aromatic N) is 2. The van der Waals surface area contributed by atoms with Crippen molar-refractivity contribution in [3.8, 4) is 0 Å². The van der Waals surface area contributed by atoms with Gasteiger partial charge in [0.15, 0.2) is 0 Å². The average Bonchev–Trinajstić information content (AvgIpc) is 2.85. The summed E-state index contributed by atoms with van der Waals surface area (Å²) in [6.07, 6.45) is 5.89. The van der Waals surface area contributed by atoms with Crippen molar-refractivity contribution in [2.75, 3.05) is 19.6 Å². The number of thiazole rings is 1. The maximum atomic E-state index is 12.1. The summed E-state index contributed by atoms with van der Waals surface area (Å²) < 4.78 is 0. The second-order valence-corrected chi connectivity index (χ2v) is 5.69. The molecule has 0 radical (unpaired) electrons. The second kappa shape index (κ2) is 6.85. The predicted molar refractivity (Wildman–Crippen MR) is 73.6 cm³/mol. The highest BCUT2D eigenvalue weighted by atomic mass is 32.1. The molecule has 2 N–H and O–H groups in total. The Bertz CT molecular complexity index is 385. The Morgan fingerprint density at radius 1 is 1.39 bits per heavy atom. The van der Waals surface area contributed by atoms with E-state index in [2.05, 4.69) is 4.98 Å². The van der Waals surface area contributed by atoms with Crippen LogP contribution in [0.25, 0.3) is 0 Å². The van der Waals surface area contributed by atoms with Gasteiger partial charge in [-0.25, -0.2) is 4.98 Å². The minimum absolute atomic E-state index is 0.227. The lowest BCUT2D eigenvalue weighted by molar-refractivity contribution is -0.131. The summed E-state index contributed by atoms with van der Waals surface area (Å²) in [7, 11) is 0. The van der Waals surface area contributed by atoms with Crippen molar-refractivity contribution in [2.24, 2.45) is 5.73 Å². The minimum atomic E-state index is 0.227. The maximum absolute atomic E-state index is 12.1. The van der Waals surface area contributed by atoms with Crippen LogP contribution in [0.3, 0.4) is 0 Å². The van der Waals surface area contributed by atoms with Gasteiger partial charge in [-0.1, -0.05) is 0 Å². The van der Waals surface area contributed by atoms with E-state index in [1.165, 1.54) is 6.42 Å². The first kappa shape index (κ1) is 13.5. The van der Waals surface area contributed by atoms with Gasteiger partial charge in [-0.3, -0.25) is 4.79 Å². The fourth-order valence-electron chi connectivity index (χ4n) is 2.21. The van der Waals surface area contributed by atoms with Crippen LogP contribution in [-0.2, 0) is 17.6 Å². The minimum Gasteiger partial charge on any atom is -0.342 e. The van der Waals surface area contributed by atoms with Gasteiger partial charge in [0.1, 0.15) is 0 Å². The summed E-state index contributed by atoms with van der Waals surface area (Å²) >= 11 is 1.64. The smallest absolute Gasteiger partial charge is 0.228 e. The zero-order valence-corrected chi connectivity index (χ0v) is 11.5. The Kier molecular flexibility index (Phi) is 5.13. The van der Waals surface area contributed by atoms with Crippen molar-refractivity contribution in [3.63, 3.8) is 0 Å². The number of piperidine rings is 1. The molecule has 18 heavy (non-hydrogen) atoms. The molecule has 1 amide bonds. The van der Waals surface area contributed by atoms with Crippen LogP contribution in [0.1, 0.15) is 36.4 Å². The Balaban J connectivity index is 1.84. The number of carbonyl (C=O) groups excluding carboxylic acids is 1. The van der Waals surface area contributed by atoms with Gasteiger partial charge in [0.05, 0.1) is 17.1 Å². The summed E-state index contributed by atoms with van der Waals surface area (Å²) in [5.74, 6) is 0.227. The van der Waals surface area contributed by atoms with Gasteiger partial charge in [-0.15, -0.1) is 11.3 Å². The number of aromatic nitrogens is 1. The molecule has 4 nitrogen and oxygen atoms in total. The molecule has 1 aromatic rings. The summed E-state index contributed by atoms with van der Waals surface area (Å²) in [6.45, 7) is 2.54. The van der Waals surface area contributed by atoms with Crippen molar-refractivity contribution in [1.29, 1.82) is 0 Å². The van der Waals surface area contributed by atoms with Crippen molar-refractivity contribution in [1.82, 2.24) is 9.88 Å². The molecular formula is C13H21N3OS. The highest BCUT2D eigenvalue weighted by Crippen LogP contribution is 2.14. The molecule has 1 fully saturated rings. The predicted octanol–water partition coefficient (Wildman–Crippen LogP) is 1.59. The Labute approximate surface area is 112 Å². The van der Waals surface area contributed by atoms with E-state index < -0.39 is 0 Å². The maximum Gasteiger partial charge on any atom is 0.228 e. The molecule has 1 aliphatic heterocycles. The Hall–Kier alpha value is -0.940. The van der Waals surface area contributed by atoms with Crippen LogP contribution in [0.15, 0.2) is 5.38 Å². The SMILES string of the molecule is NCCCc1nc(CC(=O)N2CCCCC2)cs1.